The first-order valence-electron chi connectivity index (χ1n) is 8.04. The van der Waals surface area contributed by atoms with Crippen molar-refractivity contribution in [1.29, 1.82) is 0 Å². The fraction of sp³-hybridized carbons (Fsp3) is 0.556. The summed E-state index contributed by atoms with van der Waals surface area (Å²) in [5, 5.41) is 9.95. The first kappa shape index (κ1) is 15.2. The zero-order valence-corrected chi connectivity index (χ0v) is 13.5. The molecule has 0 bridgehead atoms. The highest BCUT2D eigenvalue weighted by Gasteiger charge is 2.39. The van der Waals surface area contributed by atoms with Gasteiger partial charge in [-0.1, -0.05) is 13.8 Å². The molecule has 2 aromatic heterocycles. The lowest BCUT2D eigenvalue weighted by Crippen LogP contribution is -2.39. The van der Waals surface area contributed by atoms with Crippen LogP contribution < -0.4 is 4.74 Å². The smallest absolute Gasteiger partial charge is 0.139 e. The highest BCUT2D eigenvalue weighted by Crippen LogP contribution is 2.45. The van der Waals surface area contributed by atoms with Crippen LogP contribution in [0.25, 0.3) is 11.0 Å². The van der Waals surface area contributed by atoms with Crippen molar-refractivity contribution in [2.75, 3.05) is 6.61 Å². The lowest BCUT2D eigenvalue weighted by Gasteiger charge is -2.41. The number of nitrogens with zero attached hydrogens (tertiary/aromatic N) is 2. The van der Waals surface area contributed by atoms with Gasteiger partial charge in [0.25, 0.3) is 0 Å². The number of hydrogen-bond donors (Lipinski definition) is 1. The third-order valence-corrected chi connectivity index (χ3v) is 4.36. The van der Waals surface area contributed by atoms with Crippen molar-refractivity contribution in [2.24, 2.45) is 5.92 Å². The van der Waals surface area contributed by atoms with Gasteiger partial charge in [-0.25, -0.2) is 0 Å². The molecule has 0 saturated heterocycles. The summed E-state index contributed by atoms with van der Waals surface area (Å²) >= 11 is 0. The van der Waals surface area contributed by atoms with E-state index in [0.29, 0.717) is 18.4 Å². The van der Waals surface area contributed by atoms with Gasteiger partial charge in [-0.05, 0) is 49.7 Å². The summed E-state index contributed by atoms with van der Waals surface area (Å²) in [7, 11) is 0. The molecule has 2 heterocycles. The first-order chi connectivity index (χ1) is 10.4. The van der Waals surface area contributed by atoms with Crippen LogP contribution in [0.5, 0.6) is 5.75 Å². The van der Waals surface area contributed by atoms with Gasteiger partial charge in [0.05, 0.1) is 29.4 Å². The Hall–Kier alpha value is -1.68. The van der Waals surface area contributed by atoms with Crippen molar-refractivity contribution in [1.82, 2.24) is 9.97 Å². The fourth-order valence-electron chi connectivity index (χ4n) is 3.07. The van der Waals surface area contributed by atoms with Crippen LogP contribution in [-0.4, -0.2) is 27.3 Å². The van der Waals surface area contributed by atoms with E-state index in [1.54, 1.807) is 6.20 Å². The molecule has 118 valence electrons. The van der Waals surface area contributed by atoms with E-state index in [9.17, 15) is 5.11 Å². The molecular formula is C18H24N2O2. The molecule has 3 rings (SSSR count). The lowest BCUT2D eigenvalue weighted by molar-refractivity contribution is -0.0310. The molecule has 0 unspecified atom stereocenters. The summed E-state index contributed by atoms with van der Waals surface area (Å²) in [4.78, 5) is 8.98. The topological polar surface area (TPSA) is 55.2 Å². The molecule has 2 aromatic rings. The standard InChI is InChI=1S/C18H24N2O2/c1-12(2)5-7-22-14-8-16-17(20-11-14)15(4-6-19-16)13-9-18(3,21)10-13/h4,6,8,11-13,21H,5,7,9-10H2,1-3H3. The van der Waals surface area contributed by atoms with Gasteiger partial charge < -0.3 is 9.84 Å². The molecule has 0 aromatic carbocycles. The van der Waals surface area contributed by atoms with Crippen molar-refractivity contribution in [2.45, 2.75) is 51.6 Å². The van der Waals surface area contributed by atoms with Crippen LogP contribution >= 0.6 is 0 Å². The van der Waals surface area contributed by atoms with Gasteiger partial charge in [0.15, 0.2) is 0 Å². The Kier molecular flexibility index (Phi) is 4.04. The molecule has 0 radical (unpaired) electrons. The number of aromatic nitrogens is 2. The van der Waals surface area contributed by atoms with Crippen LogP contribution in [0.2, 0.25) is 0 Å². The largest absolute Gasteiger partial charge is 0.492 e. The molecule has 4 heteroatoms. The Balaban J connectivity index is 1.79. The van der Waals surface area contributed by atoms with E-state index in [2.05, 4.69) is 23.8 Å². The van der Waals surface area contributed by atoms with Crippen LogP contribution in [0.1, 0.15) is 51.5 Å². The number of hydrogen-bond acceptors (Lipinski definition) is 4. The molecular weight excluding hydrogens is 276 g/mol. The molecule has 1 aliphatic carbocycles. The van der Waals surface area contributed by atoms with Crippen molar-refractivity contribution in [3.05, 3.63) is 30.1 Å². The first-order valence-corrected chi connectivity index (χ1v) is 8.04. The van der Waals surface area contributed by atoms with Gasteiger partial charge in [-0.3, -0.25) is 9.97 Å². The zero-order valence-electron chi connectivity index (χ0n) is 13.5. The number of rotatable bonds is 5. The average Bonchev–Trinajstić information content (AvgIpc) is 2.43. The molecule has 0 amide bonds. The second-order valence-electron chi connectivity index (χ2n) is 7.07. The minimum absolute atomic E-state index is 0.376. The monoisotopic (exact) mass is 300 g/mol. The normalized spacial score (nSPS) is 24.5. The molecule has 0 aliphatic heterocycles. The third kappa shape index (κ3) is 3.22. The van der Waals surface area contributed by atoms with E-state index in [1.807, 2.05) is 25.3 Å². The second kappa shape index (κ2) is 5.84. The van der Waals surface area contributed by atoms with Crippen molar-refractivity contribution in [3.8, 4) is 5.75 Å². The summed E-state index contributed by atoms with van der Waals surface area (Å²) in [5.41, 5.74) is 2.45. The highest BCUT2D eigenvalue weighted by molar-refractivity contribution is 5.79. The fourth-order valence-corrected chi connectivity index (χ4v) is 3.07. The summed E-state index contributed by atoms with van der Waals surface area (Å²) in [6.45, 7) is 6.96. The van der Waals surface area contributed by atoms with E-state index < -0.39 is 5.60 Å². The Morgan fingerprint density at radius 2 is 2.14 bits per heavy atom. The minimum Gasteiger partial charge on any atom is -0.492 e. The third-order valence-electron chi connectivity index (χ3n) is 4.36. The minimum atomic E-state index is -0.528. The maximum Gasteiger partial charge on any atom is 0.139 e. The maximum absolute atomic E-state index is 9.95. The van der Waals surface area contributed by atoms with Crippen LogP contribution in [0, 0.1) is 5.92 Å². The molecule has 1 saturated carbocycles. The van der Waals surface area contributed by atoms with E-state index in [0.717, 1.165) is 36.0 Å². The Labute approximate surface area is 131 Å². The second-order valence-corrected chi connectivity index (χ2v) is 7.07. The average molecular weight is 300 g/mol. The molecule has 0 atom stereocenters. The van der Waals surface area contributed by atoms with Crippen LogP contribution in [-0.2, 0) is 0 Å². The number of ether oxygens (including phenoxy) is 1. The predicted molar refractivity (Wildman–Crippen MR) is 87.1 cm³/mol. The Bertz CT molecular complexity index is 659. The van der Waals surface area contributed by atoms with Gasteiger partial charge in [0, 0.05) is 12.3 Å². The molecule has 0 spiro atoms. The van der Waals surface area contributed by atoms with E-state index >= 15 is 0 Å². The number of fused-ring (bicyclic) bond motifs is 1. The van der Waals surface area contributed by atoms with Crippen molar-refractivity contribution >= 4 is 11.0 Å². The molecule has 22 heavy (non-hydrogen) atoms. The van der Waals surface area contributed by atoms with Crippen molar-refractivity contribution in [3.63, 3.8) is 0 Å². The van der Waals surface area contributed by atoms with E-state index in [1.165, 1.54) is 5.56 Å². The van der Waals surface area contributed by atoms with Crippen LogP contribution in [0.3, 0.4) is 0 Å². The van der Waals surface area contributed by atoms with Crippen molar-refractivity contribution < 1.29 is 9.84 Å². The number of aliphatic hydroxyl groups is 1. The summed E-state index contributed by atoms with van der Waals surface area (Å²) in [6, 6.07) is 3.98. The maximum atomic E-state index is 9.95. The zero-order chi connectivity index (χ0) is 15.7. The van der Waals surface area contributed by atoms with Crippen LogP contribution in [0.15, 0.2) is 24.5 Å². The molecule has 1 N–H and O–H groups in total. The molecule has 1 fully saturated rings. The quantitative estimate of drug-likeness (QED) is 0.915. The van der Waals surface area contributed by atoms with Gasteiger partial charge >= 0.3 is 0 Å². The van der Waals surface area contributed by atoms with Gasteiger partial charge in [0.1, 0.15) is 5.75 Å². The predicted octanol–water partition coefficient (Wildman–Crippen LogP) is 3.68. The van der Waals surface area contributed by atoms with E-state index in [4.69, 9.17) is 4.74 Å². The Morgan fingerprint density at radius 3 is 2.82 bits per heavy atom. The molecule has 1 aliphatic rings. The van der Waals surface area contributed by atoms with Crippen LogP contribution in [0.4, 0.5) is 0 Å². The number of pyridine rings is 2. The summed E-state index contributed by atoms with van der Waals surface area (Å²) < 4.78 is 5.76. The summed E-state index contributed by atoms with van der Waals surface area (Å²) in [6.07, 6.45) is 6.22. The van der Waals surface area contributed by atoms with Gasteiger partial charge in [-0.2, -0.15) is 0 Å². The SMILES string of the molecule is CC(C)CCOc1cnc2c(C3CC(C)(O)C3)ccnc2c1. The van der Waals surface area contributed by atoms with E-state index in [-0.39, 0.29) is 0 Å². The Morgan fingerprint density at radius 1 is 1.36 bits per heavy atom. The van der Waals surface area contributed by atoms with Gasteiger partial charge in [0.2, 0.25) is 0 Å². The summed E-state index contributed by atoms with van der Waals surface area (Å²) in [5.74, 6) is 1.78. The molecule has 4 nitrogen and oxygen atoms in total. The lowest BCUT2D eigenvalue weighted by atomic mass is 9.69. The van der Waals surface area contributed by atoms with Gasteiger partial charge in [-0.15, -0.1) is 0 Å². The highest BCUT2D eigenvalue weighted by atomic mass is 16.5.